The van der Waals surface area contributed by atoms with Gasteiger partial charge in [0.05, 0.1) is 12.0 Å². The number of nitrogens with one attached hydrogen (secondary N) is 3. The van der Waals surface area contributed by atoms with E-state index in [1.807, 2.05) is 5.32 Å². The maximum absolute atomic E-state index is 12.1. The number of hydrogen-bond donors (Lipinski definition) is 3. The first-order chi connectivity index (χ1) is 9.83. The van der Waals surface area contributed by atoms with E-state index in [4.69, 9.17) is 4.74 Å². The number of ether oxygens (including phenoxy) is 1. The zero-order chi connectivity index (χ0) is 15.6. The van der Waals surface area contributed by atoms with Crippen molar-refractivity contribution in [2.24, 2.45) is 0 Å². The van der Waals surface area contributed by atoms with Crippen molar-refractivity contribution >= 4 is 22.0 Å². The Labute approximate surface area is 121 Å². The number of amides is 3. The molecular formula is C12H15N3O5S. The largest absolute Gasteiger partial charge is 0.496 e. The van der Waals surface area contributed by atoms with E-state index >= 15 is 0 Å². The fourth-order valence-corrected chi connectivity index (χ4v) is 3.03. The lowest BCUT2D eigenvalue weighted by Gasteiger charge is -2.11. The van der Waals surface area contributed by atoms with Gasteiger partial charge in [0, 0.05) is 6.54 Å². The molecule has 0 aromatic heterocycles. The van der Waals surface area contributed by atoms with Crippen LogP contribution < -0.4 is 20.1 Å². The third-order valence-electron chi connectivity index (χ3n) is 3.01. The second-order valence-corrected chi connectivity index (χ2v) is 6.27. The normalized spacial score (nSPS) is 18.3. The predicted octanol–water partition coefficient (Wildman–Crippen LogP) is -0.510. The molecule has 1 aromatic rings. The van der Waals surface area contributed by atoms with E-state index in [0.29, 0.717) is 11.3 Å². The van der Waals surface area contributed by atoms with E-state index in [9.17, 15) is 18.0 Å². The number of carbonyl (C=O) groups is 2. The smallest absolute Gasteiger partial charge is 0.322 e. The van der Waals surface area contributed by atoms with Crippen molar-refractivity contribution < 1.29 is 22.7 Å². The number of hydrogen-bond acceptors (Lipinski definition) is 5. The van der Waals surface area contributed by atoms with Gasteiger partial charge in [-0.2, -0.15) is 0 Å². The molecule has 1 heterocycles. The Morgan fingerprint density at radius 2 is 2.05 bits per heavy atom. The summed E-state index contributed by atoms with van der Waals surface area (Å²) in [7, 11) is -2.28. The van der Waals surface area contributed by atoms with Gasteiger partial charge in [0.15, 0.2) is 0 Å². The van der Waals surface area contributed by atoms with Gasteiger partial charge in [-0.3, -0.25) is 10.1 Å². The lowest BCUT2D eigenvalue weighted by atomic mass is 10.2. The molecule has 2 rings (SSSR count). The van der Waals surface area contributed by atoms with Gasteiger partial charge in [0.1, 0.15) is 11.8 Å². The molecule has 9 heteroatoms. The number of benzene rings is 1. The van der Waals surface area contributed by atoms with Gasteiger partial charge in [-0.15, -0.1) is 0 Å². The van der Waals surface area contributed by atoms with E-state index in [-0.39, 0.29) is 11.4 Å². The number of sulfonamides is 1. The second-order valence-electron chi connectivity index (χ2n) is 4.50. The quantitative estimate of drug-likeness (QED) is 0.634. The van der Waals surface area contributed by atoms with E-state index in [1.165, 1.54) is 19.2 Å². The lowest BCUT2D eigenvalue weighted by molar-refractivity contribution is -0.120. The molecule has 3 N–H and O–H groups in total. The highest BCUT2D eigenvalue weighted by Crippen LogP contribution is 2.21. The SMILES string of the molecule is COc1ccc(S(=O)(=O)NCC2NC(=O)NC2=O)cc1C. The number of urea groups is 1. The van der Waals surface area contributed by atoms with Gasteiger partial charge in [-0.25, -0.2) is 17.9 Å². The molecule has 0 spiro atoms. The van der Waals surface area contributed by atoms with E-state index in [1.54, 1.807) is 13.0 Å². The third-order valence-corrected chi connectivity index (χ3v) is 4.43. The zero-order valence-electron chi connectivity index (χ0n) is 11.5. The summed E-state index contributed by atoms with van der Waals surface area (Å²) in [6, 6.07) is 2.88. The summed E-state index contributed by atoms with van der Waals surface area (Å²) in [5.41, 5.74) is 0.673. The molecule has 1 atom stereocenters. The minimum absolute atomic E-state index is 0.0607. The summed E-state index contributed by atoms with van der Waals surface area (Å²) < 4.78 is 31.6. The monoisotopic (exact) mass is 313 g/mol. The predicted molar refractivity (Wildman–Crippen MR) is 73.4 cm³/mol. The van der Waals surface area contributed by atoms with Crippen LogP contribution in [0, 0.1) is 6.92 Å². The maximum Gasteiger partial charge on any atom is 0.322 e. The van der Waals surface area contributed by atoms with E-state index < -0.39 is 28.0 Å². The number of rotatable bonds is 5. The van der Waals surface area contributed by atoms with Crippen molar-refractivity contribution in [3.63, 3.8) is 0 Å². The van der Waals surface area contributed by atoms with Crippen molar-refractivity contribution in [2.45, 2.75) is 17.9 Å². The molecule has 1 aliphatic heterocycles. The Morgan fingerprint density at radius 1 is 1.33 bits per heavy atom. The van der Waals surface area contributed by atoms with Crippen molar-refractivity contribution in [2.75, 3.05) is 13.7 Å². The fraction of sp³-hybridized carbons (Fsp3) is 0.333. The van der Waals surface area contributed by atoms with Crippen molar-refractivity contribution in [3.8, 4) is 5.75 Å². The topological polar surface area (TPSA) is 114 Å². The van der Waals surface area contributed by atoms with Gasteiger partial charge in [0.2, 0.25) is 10.0 Å². The van der Waals surface area contributed by atoms with Crippen LogP contribution in [-0.4, -0.2) is 40.1 Å². The van der Waals surface area contributed by atoms with Crippen LogP contribution >= 0.6 is 0 Å². The van der Waals surface area contributed by atoms with Crippen LogP contribution in [0.5, 0.6) is 5.75 Å². The van der Waals surface area contributed by atoms with Gasteiger partial charge in [-0.1, -0.05) is 0 Å². The van der Waals surface area contributed by atoms with Gasteiger partial charge in [0.25, 0.3) is 5.91 Å². The molecule has 21 heavy (non-hydrogen) atoms. The molecule has 3 amide bonds. The molecule has 1 unspecified atom stereocenters. The van der Waals surface area contributed by atoms with Crippen molar-refractivity contribution in [1.29, 1.82) is 0 Å². The van der Waals surface area contributed by atoms with Gasteiger partial charge >= 0.3 is 6.03 Å². The van der Waals surface area contributed by atoms with E-state index in [0.717, 1.165) is 0 Å². The molecule has 1 fully saturated rings. The zero-order valence-corrected chi connectivity index (χ0v) is 12.3. The summed E-state index contributed by atoms with van der Waals surface area (Å²) in [6.07, 6.45) is 0. The van der Waals surface area contributed by atoms with Crippen LogP contribution in [0.15, 0.2) is 23.1 Å². The van der Waals surface area contributed by atoms with Crippen LogP contribution in [0.3, 0.4) is 0 Å². The molecule has 1 aliphatic rings. The van der Waals surface area contributed by atoms with Gasteiger partial charge in [-0.05, 0) is 30.7 Å². The average Bonchev–Trinajstić information content (AvgIpc) is 2.74. The van der Waals surface area contributed by atoms with Gasteiger partial charge < -0.3 is 10.1 Å². The highest BCUT2D eigenvalue weighted by atomic mass is 32.2. The summed E-state index contributed by atoms with van der Waals surface area (Å²) in [5, 5.41) is 4.34. The molecule has 114 valence electrons. The molecule has 0 aliphatic carbocycles. The highest BCUT2D eigenvalue weighted by molar-refractivity contribution is 7.89. The molecule has 0 bridgehead atoms. The van der Waals surface area contributed by atoms with E-state index in [2.05, 4.69) is 10.0 Å². The van der Waals surface area contributed by atoms with Crippen LogP contribution in [0.25, 0.3) is 0 Å². The fourth-order valence-electron chi connectivity index (χ4n) is 1.90. The average molecular weight is 313 g/mol. The standard InChI is InChI=1S/C12H15N3O5S/c1-7-5-8(3-4-10(7)20-2)21(18,19)13-6-9-11(16)15-12(17)14-9/h3-5,9,13H,6H2,1-2H3,(H2,14,15,16,17). The summed E-state index contributed by atoms with van der Waals surface area (Å²) >= 11 is 0. The number of methoxy groups -OCH3 is 1. The molecule has 1 saturated heterocycles. The summed E-state index contributed by atoms with van der Waals surface area (Å²) in [4.78, 5) is 22.3. The number of imide groups is 1. The van der Waals surface area contributed by atoms with Crippen LogP contribution in [0.4, 0.5) is 4.79 Å². The second kappa shape index (κ2) is 5.70. The third kappa shape index (κ3) is 3.31. The Hall–Kier alpha value is -2.13. The highest BCUT2D eigenvalue weighted by Gasteiger charge is 2.30. The Bertz CT molecular complexity index is 686. The summed E-state index contributed by atoms with van der Waals surface area (Å²) in [6.45, 7) is 1.51. The molecule has 1 aromatic carbocycles. The number of aryl methyl sites for hydroxylation is 1. The first-order valence-corrected chi connectivity index (χ1v) is 7.57. The molecule has 8 nitrogen and oxygen atoms in total. The minimum atomic E-state index is -3.77. The Morgan fingerprint density at radius 3 is 2.57 bits per heavy atom. The summed E-state index contributed by atoms with van der Waals surface area (Å²) in [5.74, 6) is 0.0185. The van der Waals surface area contributed by atoms with Crippen LogP contribution in [0.2, 0.25) is 0 Å². The minimum Gasteiger partial charge on any atom is -0.496 e. The first kappa shape index (κ1) is 15.3. The Kier molecular flexibility index (Phi) is 4.14. The Balaban J connectivity index is 2.10. The van der Waals surface area contributed by atoms with Crippen LogP contribution in [0.1, 0.15) is 5.56 Å². The number of carbonyl (C=O) groups excluding carboxylic acids is 2. The van der Waals surface area contributed by atoms with Crippen molar-refractivity contribution in [3.05, 3.63) is 23.8 Å². The molecule has 0 radical (unpaired) electrons. The first-order valence-electron chi connectivity index (χ1n) is 6.09. The lowest BCUT2D eigenvalue weighted by Crippen LogP contribution is -2.41. The molecule has 0 saturated carbocycles. The maximum atomic E-state index is 12.1. The van der Waals surface area contributed by atoms with Crippen molar-refractivity contribution in [1.82, 2.24) is 15.4 Å². The van der Waals surface area contributed by atoms with Crippen LogP contribution in [-0.2, 0) is 14.8 Å². The molecular weight excluding hydrogens is 298 g/mol.